The number of amides is 1. The number of para-hydroxylation sites is 1. The summed E-state index contributed by atoms with van der Waals surface area (Å²) in [5.41, 5.74) is 2.93. The zero-order valence-corrected chi connectivity index (χ0v) is 18.5. The number of aromatic nitrogens is 1. The molecule has 0 aliphatic carbocycles. The fourth-order valence-electron chi connectivity index (χ4n) is 4.50. The number of fused-ring (bicyclic) bond motifs is 1. The maximum absolute atomic E-state index is 13.6. The topological polar surface area (TPSA) is 82.6 Å². The lowest BCUT2D eigenvalue weighted by Crippen LogP contribution is -2.29. The van der Waals surface area contributed by atoms with Gasteiger partial charge >= 0.3 is 0 Å². The predicted octanol–water partition coefficient (Wildman–Crippen LogP) is 5.25. The molecular formula is C27H21FN2O4. The van der Waals surface area contributed by atoms with E-state index in [9.17, 15) is 19.1 Å². The molecule has 1 fully saturated rings. The second kappa shape index (κ2) is 8.19. The maximum Gasteiger partial charge on any atom is 0.300 e. The van der Waals surface area contributed by atoms with Crippen molar-refractivity contribution in [2.45, 2.75) is 13.0 Å². The maximum atomic E-state index is 13.6. The second-order valence-corrected chi connectivity index (χ2v) is 8.12. The number of aromatic amines is 1. The predicted molar refractivity (Wildman–Crippen MR) is 127 cm³/mol. The minimum Gasteiger partial charge on any atom is -0.507 e. The van der Waals surface area contributed by atoms with Gasteiger partial charge in [0, 0.05) is 33.9 Å². The van der Waals surface area contributed by atoms with Crippen molar-refractivity contribution in [3.63, 3.8) is 0 Å². The lowest BCUT2D eigenvalue weighted by molar-refractivity contribution is -0.132. The number of aryl methyl sites for hydroxylation is 1. The van der Waals surface area contributed by atoms with Crippen LogP contribution < -0.4 is 9.64 Å². The second-order valence-electron chi connectivity index (χ2n) is 8.12. The highest BCUT2D eigenvalue weighted by Gasteiger charge is 2.47. The molecule has 2 N–H and O–H groups in total. The summed E-state index contributed by atoms with van der Waals surface area (Å²) in [6, 6.07) is 17.0. The van der Waals surface area contributed by atoms with Crippen LogP contribution in [0.4, 0.5) is 10.1 Å². The lowest BCUT2D eigenvalue weighted by atomic mass is 9.94. The number of ketones is 1. The van der Waals surface area contributed by atoms with Crippen molar-refractivity contribution in [2.75, 3.05) is 12.0 Å². The van der Waals surface area contributed by atoms with E-state index in [2.05, 4.69) is 4.98 Å². The fourth-order valence-corrected chi connectivity index (χ4v) is 4.50. The monoisotopic (exact) mass is 456 g/mol. The van der Waals surface area contributed by atoms with E-state index in [1.165, 1.54) is 29.2 Å². The molecule has 0 radical (unpaired) electrons. The average Bonchev–Trinajstić information content (AvgIpc) is 3.38. The molecule has 1 aromatic heterocycles. The standard InChI is InChI=1S/C27H21FN2O4/c1-15-13-16(7-12-22(15)34-2)25(31)23-24(20-14-29-21-6-4-3-5-19(20)21)30(27(33)26(23)32)18-10-8-17(28)9-11-18/h3-14,24,29,31H,1-2H3/b25-23+. The Balaban J connectivity index is 1.76. The summed E-state index contributed by atoms with van der Waals surface area (Å²) in [6.45, 7) is 1.82. The van der Waals surface area contributed by atoms with Crippen LogP contribution in [0, 0.1) is 12.7 Å². The highest BCUT2D eigenvalue weighted by Crippen LogP contribution is 2.44. The number of halogens is 1. The van der Waals surface area contributed by atoms with Crippen LogP contribution >= 0.6 is 0 Å². The Hall–Kier alpha value is -4.39. The molecule has 3 aromatic carbocycles. The van der Waals surface area contributed by atoms with Gasteiger partial charge in [0.05, 0.1) is 18.7 Å². The van der Waals surface area contributed by atoms with Gasteiger partial charge in [0.15, 0.2) is 0 Å². The number of benzene rings is 3. The van der Waals surface area contributed by atoms with Gasteiger partial charge in [-0.2, -0.15) is 0 Å². The Bertz CT molecular complexity index is 1470. The largest absolute Gasteiger partial charge is 0.507 e. The highest BCUT2D eigenvalue weighted by molar-refractivity contribution is 6.51. The molecule has 1 aliphatic heterocycles. The van der Waals surface area contributed by atoms with Gasteiger partial charge < -0.3 is 14.8 Å². The molecule has 5 rings (SSSR count). The summed E-state index contributed by atoms with van der Waals surface area (Å²) >= 11 is 0. The first-order chi connectivity index (χ1) is 16.4. The van der Waals surface area contributed by atoms with Crippen molar-refractivity contribution in [3.05, 3.63) is 101 Å². The summed E-state index contributed by atoms with van der Waals surface area (Å²) < 4.78 is 18.9. The van der Waals surface area contributed by atoms with Crippen LogP contribution in [0.5, 0.6) is 5.75 Å². The van der Waals surface area contributed by atoms with Crippen LogP contribution in [0.2, 0.25) is 0 Å². The van der Waals surface area contributed by atoms with Crippen LogP contribution in [-0.4, -0.2) is 28.9 Å². The van der Waals surface area contributed by atoms with Crippen molar-refractivity contribution in [1.29, 1.82) is 0 Å². The number of ether oxygens (including phenoxy) is 1. The lowest BCUT2D eigenvalue weighted by Gasteiger charge is -2.25. The van der Waals surface area contributed by atoms with E-state index < -0.39 is 23.5 Å². The third kappa shape index (κ3) is 3.33. The fraction of sp³-hybridized carbons (Fsp3) is 0.111. The van der Waals surface area contributed by atoms with Gasteiger partial charge in [0.2, 0.25) is 0 Å². The first-order valence-electron chi connectivity index (χ1n) is 10.7. The molecule has 1 amide bonds. The Labute approximate surface area is 194 Å². The molecular weight excluding hydrogens is 435 g/mol. The minimum absolute atomic E-state index is 0.0383. The van der Waals surface area contributed by atoms with E-state index in [0.717, 1.165) is 16.5 Å². The van der Waals surface area contributed by atoms with Crippen molar-refractivity contribution in [1.82, 2.24) is 4.98 Å². The molecule has 4 aromatic rings. The molecule has 2 heterocycles. The number of Topliss-reactive ketones (excluding diaryl/α,β-unsaturated/α-hetero) is 1. The summed E-state index contributed by atoms with van der Waals surface area (Å²) in [6.07, 6.45) is 1.73. The van der Waals surface area contributed by atoms with Crippen molar-refractivity contribution >= 4 is 34.0 Å². The van der Waals surface area contributed by atoms with Crippen LogP contribution in [0.1, 0.15) is 22.7 Å². The van der Waals surface area contributed by atoms with Crippen LogP contribution in [-0.2, 0) is 9.59 Å². The van der Waals surface area contributed by atoms with Gasteiger partial charge in [-0.3, -0.25) is 14.5 Å². The number of hydrogen-bond donors (Lipinski definition) is 2. The number of anilines is 1. The van der Waals surface area contributed by atoms with Gasteiger partial charge in [-0.05, 0) is 61.0 Å². The Morgan fingerprint density at radius 2 is 1.79 bits per heavy atom. The van der Waals surface area contributed by atoms with Crippen molar-refractivity contribution in [3.8, 4) is 5.75 Å². The molecule has 170 valence electrons. The number of nitrogens with one attached hydrogen (secondary N) is 1. The molecule has 7 heteroatoms. The average molecular weight is 456 g/mol. The highest BCUT2D eigenvalue weighted by atomic mass is 19.1. The Kier molecular flexibility index (Phi) is 5.17. The first-order valence-corrected chi connectivity index (χ1v) is 10.7. The molecule has 0 bridgehead atoms. The van der Waals surface area contributed by atoms with Gasteiger partial charge in [-0.25, -0.2) is 4.39 Å². The molecule has 0 saturated carbocycles. The summed E-state index contributed by atoms with van der Waals surface area (Å²) in [7, 11) is 1.55. The van der Waals surface area contributed by atoms with E-state index in [-0.39, 0.29) is 11.3 Å². The molecule has 1 aliphatic rings. The van der Waals surface area contributed by atoms with E-state index >= 15 is 0 Å². The number of H-pyrrole nitrogens is 1. The third-order valence-electron chi connectivity index (χ3n) is 6.13. The third-order valence-corrected chi connectivity index (χ3v) is 6.13. The number of hydrogen-bond acceptors (Lipinski definition) is 4. The normalized spacial score (nSPS) is 17.5. The van der Waals surface area contributed by atoms with E-state index in [4.69, 9.17) is 4.74 Å². The Morgan fingerprint density at radius 1 is 1.06 bits per heavy atom. The molecule has 1 unspecified atom stereocenters. The molecule has 34 heavy (non-hydrogen) atoms. The van der Waals surface area contributed by atoms with E-state index in [1.54, 1.807) is 31.5 Å². The van der Waals surface area contributed by atoms with Gasteiger partial charge in [-0.1, -0.05) is 18.2 Å². The number of nitrogens with zero attached hydrogens (tertiary/aromatic N) is 1. The number of carbonyl (C=O) groups excluding carboxylic acids is 2. The summed E-state index contributed by atoms with van der Waals surface area (Å²) in [4.78, 5) is 31.0. The van der Waals surface area contributed by atoms with Crippen LogP contribution in [0.15, 0.2) is 78.5 Å². The zero-order chi connectivity index (χ0) is 24.0. The summed E-state index contributed by atoms with van der Waals surface area (Å²) in [5.74, 6) is -1.72. The summed E-state index contributed by atoms with van der Waals surface area (Å²) in [5, 5.41) is 12.1. The molecule has 0 spiro atoms. The van der Waals surface area contributed by atoms with Crippen molar-refractivity contribution < 1.29 is 23.8 Å². The number of carbonyl (C=O) groups is 2. The SMILES string of the molecule is COc1ccc(/C(O)=C2\C(=O)C(=O)N(c3ccc(F)cc3)C2c2c[nH]c3ccccc23)cc1C. The van der Waals surface area contributed by atoms with Crippen molar-refractivity contribution in [2.24, 2.45) is 0 Å². The molecule has 6 nitrogen and oxygen atoms in total. The zero-order valence-electron chi connectivity index (χ0n) is 18.5. The first kappa shape index (κ1) is 21.5. The quantitative estimate of drug-likeness (QED) is 0.250. The van der Waals surface area contributed by atoms with E-state index in [1.807, 2.05) is 31.2 Å². The smallest absolute Gasteiger partial charge is 0.300 e. The van der Waals surface area contributed by atoms with E-state index in [0.29, 0.717) is 22.6 Å². The minimum atomic E-state index is -0.913. The number of rotatable bonds is 4. The van der Waals surface area contributed by atoms with Gasteiger partial charge in [0.25, 0.3) is 11.7 Å². The number of aliphatic hydroxyl groups excluding tert-OH is 1. The van der Waals surface area contributed by atoms with Crippen LogP contribution in [0.25, 0.3) is 16.7 Å². The number of aliphatic hydroxyl groups is 1. The molecule has 1 saturated heterocycles. The Morgan fingerprint density at radius 3 is 2.50 bits per heavy atom. The molecule has 1 atom stereocenters. The van der Waals surface area contributed by atoms with Gasteiger partial charge in [-0.15, -0.1) is 0 Å². The number of methoxy groups -OCH3 is 1. The van der Waals surface area contributed by atoms with Crippen LogP contribution in [0.3, 0.4) is 0 Å². The van der Waals surface area contributed by atoms with Gasteiger partial charge in [0.1, 0.15) is 17.3 Å².